The molecular weight excluding hydrogens is 268 g/mol. The molecular formula is C21H44O. The highest BCUT2D eigenvalue weighted by Crippen LogP contribution is 2.16. The second-order valence-electron chi connectivity index (χ2n) is 7.03. The normalized spacial score (nSPS) is 12.7. The molecule has 0 rings (SSSR count). The first-order valence-corrected chi connectivity index (χ1v) is 10.4. The van der Waals surface area contributed by atoms with Crippen LogP contribution in [0.25, 0.3) is 0 Å². The molecule has 0 N–H and O–H groups in total. The fourth-order valence-electron chi connectivity index (χ4n) is 3.22. The van der Waals surface area contributed by atoms with Gasteiger partial charge in [-0.1, -0.05) is 110 Å². The molecule has 1 atom stereocenters. The van der Waals surface area contributed by atoms with Gasteiger partial charge in [0.15, 0.2) is 0 Å². The summed E-state index contributed by atoms with van der Waals surface area (Å²) in [6.07, 6.45) is 24.2. The minimum Gasteiger partial charge on any atom is -0.381 e. The van der Waals surface area contributed by atoms with Crippen molar-refractivity contribution in [3.05, 3.63) is 0 Å². The summed E-state index contributed by atoms with van der Waals surface area (Å²) in [5, 5.41) is 0. The largest absolute Gasteiger partial charge is 0.381 e. The van der Waals surface area contributed by atoms with Crippen molar-refractivity contribution in [2.24, 2.45) is 0 Å². The second kappa shape index (κ2) is 19.0. The van der Waals surface area contributed by atoms with Crippen LogP contribution in [0.5, 0.6) is 0 Å². The molecule has 0 bridgehead atoms. The average molecular weight is 313 g/mol. The zero-order valence-corrected chi connectivity index (χ0v) is 16.0. The molecule has 0 fully saturated rings. The van der Waals surface area contributed by atoms with E-state index in [2.05, 4.69) is 13.8 Å². The summed E-state index contributed by atoms with van der Waals surface area (Å²) < 4.78 is 5.66. The Bertz CT molecular complexity index is 190. The Kier molecular flexibility index (Phi) is 19.0. The van der Waals surface area contributed by atoms with E-state index in [1.165, 1.54) is 109 Å². The molecule has 0 saturated heterocycles. The second-order valence-corrected chi connectivity index (χ2v) is 7.03. The topological polar surface area (TPSA) is 9.23 Å². The van der Waals surface area contributed by atoms with Crippen molar-refractivity contribution in [3.63, 3.8) is 0 Å². The third kappa shape index (κ3) is 16.3. The zero-order valence-electron chi connectivity index (χ0n) is 16.0. The van der Waals surface area contributed by atoms with Crippen molar-refractivity contribution in [3.8, 4) is 0 Å². The number of ether oxygens (including phenoxy) is 1. The maximum atomic E-state index is 5.66. The molecule has 134 valence electrons. The molecule has 0 aliphatic rings. The highest BCUT2D eigenvalue weighted by Gasteiger charge is 2.06. The third-order valence-corrected chi connectivity index (χ3v) is 4.84. The van der Waals surface area contributed by atoms with Gasteiger partial charge in [-0.2, -0.15) is 0 Å². The van der Waals surface area contributed by atoms with Crippen LogP contribution in [-0.2, 0) is 4.74 Å². The van der Waals surface area contributed by atoms with Gasteiger partial charge in [-0.05, 0) is 12.8 Å². The van der Waals surface area contributed by atoms with E-state index in [1.54, 1.807) is 0 Å². The summed E-state index contributed by atoms with van der Waals surface area (Å²) >= 11 is 0. The minimum atomic E-state index is 0.524. The highest BCUT2D eigenvalue weighted by molar-refractivity contribution is 4.59. The van der Waals surface area contributed by atoms with E-state index in [-0.39, 0.29) is 0 Å². The molecule has 0 saturated carbocycles. The molecule has 0 spiro atoms. The van der Waals surface area contributed by atoms with Crippen LogP contribution < -0.4 is 0 Å². The van der Waals surface area contributed by atoms with Crippen molar-refractivity contribution in [1.82, 2.24) is 0 Å². The van der Waals surface area contributed by atoms with Gasteiger partial charge >= 0.3 is 0 Å². The van der Waals surface area contributed by atoms with E-state index in [0.29, 0.717) is 6.10 Å². The maximum Gasteiger partial charge on any atom is 0.0571 e. The van der Waals surface area contributed by atoms with Crippen LogP contribution in [0.15, 0.2) is 0 Å². The first-order valence-electron chi connectivity index (χ1n) is 10.4. The standard InChI is InChI=1S/C21H44O/c1-4-6-8-10-12-14-16-18-20-21(22-3)19-17-15-13-11-9-7-5-2/h21H,4-20H2,1-3H3. The Morgan fingerprint density at radius 2 is 0.818 bits per heavy atom. The van der Waals surface area contributed by atoms with Crippen LogP contribution in [0, 0.1) is 0 Å². The Balaban J connectivity index is 3.29. The molecule has 0 aliphatic carbocycles. The molecule has 0 aliphatic heterocycles. The van der Waals surface area contributed by atoms with E-state index < -0.39 is 0 Å². The van der Waals surface area contributed by atoms with Crippen LogP contribution in [0.1, 0.15) is 123 Å². The maximum absolute atomic E-state index is 5.66. The van der Waals surface area contributed by atoms with Gasteiger partial charge in [-0.15, -0.1) is 0 Å². The molecule has 0 aromatic heterocycles. The van der Waals surface area contributed by atoms with Gasteiger partial charge < -0.3 is 4.74 Å². The molecule has 0 aromatic carbocycles. The molecule has 0 amide bonds. The van der Waals surface area contributed by atoms with Gasteiger partial charge in [0, 0.05) is 7.11 Å². The van der Waals surface area contributed by atoms with E-state index in [4.69, 9.17) is 4.74 Å². The number of unbranched alkanes of at least 4 members (excludes halogenated alkanes) is 13. The van der Waals surface area contributed by atoms with Crippen molar-refractivity contribution >= 4 is 0 Å². The van der Waals surface area contributed by atoms with E-state index in [0.717, 1.165) is 0 Å². The molecule has 1 heteroatoms. The minimum absolute atomic E-state index is 0.524. The van der Waals surface area contributed by atoms with Gasteiger partial charge in [0.2, 0.25) is 0 Å². The van der Waals surface area contributed by atoms with Crippen molar-refractivity contribution in [2.45, 2.75) is 129 Å². The summed E-state index contributed by atoms with van der Waals surface area (Å²) in [7, 11) is 1.90. The highest BCUT2D eigenvalue weighted by atomic mass is 16.5. The third-order valence-electron chi connectivity index (χ3n) is 4.84. The van der Waals surface area contributed by atoms with Crippen molar-refractivity contribution < 1.29 is 4.74 Å². The van der Waals surface area contributed by atoms with Crippen LogP contribution in [0.4, 0.5) is 0 Å². The van der Waals surface area contributed by atoms with Gasteiger partial charge in [0.25, 0.3) is 0 Å². The zero-order chi connectivity index (χ0) is 16.3. The molecule has 1 unspecified atom stereocenters. The molecule has 0 heterocycles. The lowest BCUT2D eigenvalue weighted by Crippen LogP contribution is -2.10. The van der Waals surface area contributed by atoms with Gasteiger partial charge in [-0.25, -0.2) is 0 Å². The Labute approximate surface area is 141 Å². The molecule has 1 nitrogen and oxygen atoms in total. The van der Waals surface area contributed by atoms with E-state index in [1.807, 2.05) is 7.11 Å². The first-order chi connectivity index (χ1) is 10.8. The van der Waals surface area contributed by atoms with Gasteiger partial charge in [0.05, 0.1) is 6.10 Å². The summed E-state index contributed by atoms with van der Waals surface area (Å²) in [4.78, 5) is 0. The van der Waals surface area contributed by atoms with Crippen molar-refractivity contribution in [2.75, 3.05) is 7.11 Å². The number of rotatable bonds is 18. The monoisotopic (exact) mass is 312 g/mol. The fourth-order valence-corrected chi connectivity index (χ4v) is 3.22. The predicted octanol–water partition coefficient (Wildman–Crippen LogP) is 7.67. The van der Waals surface area contributed by atoms with Gasteiger partial charge in [0.1, 0.15) is 0 Å². The number of methoxy groups -OCH3 is 1. The fraction of sp³-hybridized carbons (Fsp3) is 1.00. The Morgan fingerprint density at radius 3 is 1.14 bits per heavy atom. The summed E-state index contributed by atoms with van der Waals surface area (Å²) in [5.41, 5.74) is 0. The van der Waals surface area contributed by atoms with Crippen LogP contribution >= 0.6 is 0 Å². The Morgan fingerprint density at radius 1 is 0.500 bits per heavy atom. The summed E-state index contributed by atoms with van der Waals surface area (Å²) in [6, 6.07) is 0. The Hall–Kier alpha value is -0.0400. The molecule has 22 heavy (non-hydrogen) atoms. The van der Waals surface area contributed by atoms with Gasteiger partial charge in [-0.3, -0.25) is 0 Å². The lowest BCUT2D eigenvalue weighted by Gasteiger charge is -2.15. The average Bonchev–Trinajstić information content (AvgIpc) is 2.54. The van der Waals surface area contributed by atoms with E-state index >= 15 is 0 Å². The summed E-state index contributed by atoms with van der Waals surface area (Å²) in [5.74, 6) is 0. The predicted molar refractivity (Wildman–Crippen MR) is 101 cm³/mol. The van der Waals surface area contributed by atoms with Crippen molar-refractivity contribution in [1.29, 1.82) is 0 Å². The van der Waals surface area contributed by atoms with Crippen LogP contribution in [0.3, 0.4) is 0 Å². The van der Waals surface area contributed by atoms with E-state index in [9.17, 15) is 0 Å². The molecule has 0 radical (unpaired) electrons. The summed E-state index contributed by atoms with van der Waals surface area (Å²) in [6.45, 7) is 4.57. The smallest absolute Gasteiger partial charge is 0.0571 e. The molecule has 0 aromatic rings. The first kappa shape index (κ1) is 22.0. The quantitative estimate of drug-likeness (QED) is 0.236. The van der Waals surface area contributed by atoms with Crippen LogP contribution in [-0.4, -0.2) is 13.2 Å². The number of hydrogen-bond acceptors (Lipinski definition) is 1. The lowest BCUT2D eigenvalue weighted by atomic mass is 10.0. The number of hydrogen-bond donors (Lipinski definition) is 0. The van der Waals surface area contributed by atoms with Crippen LogP contribution in [0.2, 0.25) is 0 Å². The lowest BCUT2D eigenvalue weighted by molar-refractivity contribution is 0.0831. The SMILES string of the molecule is CCCCCCCCCCC(CCCCCCCCC)OC.